The van der Waals surface area contributed by atoms with Gasteiger partial charge in [-0.15, -0.1) is 11.5 Å². The van der Waals surface area contributed by atoms with Crippen LogP contribution < -0.4 is 64.3 Å². The van der Waals surface area contributed by atoms with Crippen molar-refractivity contribution in [3.63, 3.8) is 0 Å². The molecule has 1 aromatic carbocycles. The van der Waals surface area contributed by atoms with Crippen LogP contribution in [0.2, 0.25) is 0 Å². The SMILES string of the molecule is Cn1ccc(C(=O)NCCN(CCNC(=O)c2ccc(C(=O)NCCN(CCN)CCN)c([O-])c2[O-])CCNC(=O)c2ccn(C)c(=O)c2[O-])c([O-])c1=O. The van der Waals surface area contributed by atoms with E-state index in [1.54, 1.807) is 4.90 Å². The fourth-order valence-electron chi connectivity index (χ4n) is 5.22. The van der Waals surface area contributed by atoms with Crippen molar-refractivity contribution in [1.29, 1.82) is 0 Å². The summed E-state index contributed by atoms with van der Waals surface area (Å²) in [6.45, 7) is 2.60. The molecular weight excluding hydrogens is 708 g/mol. The molecule has 0 fully saturated rings. The standard InChI is InChI=1S/C34H48N10O10/c1-41-13-5-23(27(47)33(41)53)31(51)39-11-19-44(20-12-40-32(52)24-6-14-42(2)34(54)28(24)48)18-10-38-30(50)22-4-3-21(25(45)26(22)46)29(49)37-9-17-43(15-7-35)16-8-36/h3-6,13-14,45-48H,7-12,15-20,35-36H2,1-2H3,(H,37,49)(H,38,50)(H,39,51)(H,40,52)/p-4. The summed E-state index contributed by atoms with van der Waals surface area (Å²) in [5.41, 5.74) is 7.81. The molecule has 0 aliphatic heterocycles. The number of nitrogens with zero attached hydrogens (tertiary/aromatic N) is 4. The number of benzene rings is 1. The number of nitrogens with one attached hydrogen (secondary N) is 4. The number of hydrogen-bond donors (Lipinski definition) is 6. The van der Waals surface area contributed by atoms with Crippen molar-refractivity contribution in [2.75, 3.05) is 78.5 Å². The Kier molecular flexibility index (Phi) is 16.0. The Hall–Kier alpha value is -5.96. The molecule has 0 bridgehead atoms. The van der Waals surface area contributed by atoms with Crippen LogP contribution in [0.3, 0.4) is 0 Å². The average molecular weight is 753 g/mol. The number of aryl methyl sites for hydroxylation is 2. The molecule has 20 nitrogen and oxygen atoms in total. The van der Waals surface area contributed by atoms with E-state index in [4.69, 9.17) is 11.5 Å². The Bertz CT molecular complexity index is 1840. The fraction of sp³-hybridized carbons (Fsp3) is 0.412. The quantitative estimate of drug-likeness (QED) is 0.0627. The van der Waals surface area contributed by atoms with Crippen LogP contribution >= 0.6 is 0 Å². The average Bonchev–Trinajstić information content (AvgIpc) is 3.13. The minimum atomic E-state index is -1.17. The van der Waals surface area contributed by atoms with Gasteiger partial charge in [-0.25, -0.2) is 0 Å². The van der Waals surface area contributed by atoms with E-state index < -0.39 is 68.9 Å². The Balaban J connectivity index is 1.63. The van der Waals surface area contributed by atoms with Crippen LogP contribution in [0.4, 0.5) is 0 Å². The first kappa shape index (κ1) is 42.5. The Morgan fingerprint density at radius 3 is 1.09 bits per heavy atom. The minimum Gasteiger partial charge on any atom is -0.872 e. The molecule has 0 atom stereocenters. The van der Waals surface area contributed by atoms with E-state index in [-0.39, 0.29) is 56.9 Å². The van der Waals surface area contributed by atoms with E-state index in [9.17, 15) is 49.2 Å². The van der Waals surface area contributed by atoms with Gasteiger partial charge in [0.1, 0.15) is 0 Å². The zero-order chi connectivity index (χ0) is 39.9. The largest absolute Gasteiger partial charge is 0.872 e. The monoisotopic (exact) mass is 752 g/mol. The van der Waals surface area contributed by atoms with Gasteiger partial charge in [0.15, 0.2) is 0 Å². The molecule has 0 aliphatic rings. The topological polar surface area (TPSA) is 311 Å². The maximum Gasteiger partial charge on any atom is 0.250 e. The first-order valence-electron chi connectivity index (χ1n) is 16.9. The number of aromatic nitrogens is 2. The maximum atomic E-state index is 12.9. The van der Waals surface area contributed by atoms with Gasteiger partial charge in [-0.2, -0.15) is 0 Å². The number of carbonyl (C=O) groups excluding carboxylic acids is 4. The van der Waals surface area contributed by atoms with Crippen LogP contribution in [0.1, 0.15) is 41.4 Å². The zero-order valence-corrected chi connectivity index (χ0v) is 30.0. The van der Waals surface area contributed by atoms with Gasteiger partial charge in [-0.05, 0) is 35.8 Å². The predicted molar refractivity (Wildman–Crippen MR) is 188 cm³/mol. The third-order valence-electron chi connectivity index (χ3n) is 8.28. The van der Waals surface area contributed by atoms with Crippen LogP contribution in [-0.4, -0.2) is 121 Å². The van der Waals surface area contributed by atoms with Crippen LogP contribution in [0.25, 0.3) is 0 Å². The summed E-state index contributed by atoms with van der Waals surface area (Å²) in [5.74, 6) is -7.51. The highest BCUT2D eigenvalue weighted by Gasteiger charge is 2.16. The van der Waals surface area contributed by atoms with Crippen molar-refractivity contribution in [2.45, 2.75) is 0 Å². The lowest BCUT2D eigenvalue weighted by atomic mass is 10.1. The van der Waals surface area contributed by atoms with Crippen molar-refractivity contribution in [3.8, 4) is 23.0 Å². The van der Waals surface area contributed by atoms with Crippen LogP contribution in [0, 0.1) is 0 Å². The number of hydrogen-bond acceptors (Lipinski definition) is 14. The van der Waals surface area contributed by atoms with E-state index >= 15 is 0 Å². The second-order valence-electron chi connectivity index (χ2n) is 12.1. The van der Waals surface area contributed by atoms with Gasteiger partial charge in [0.05, 0.1) is 0 Å². The number of carbonyl (C=O) groups is 4. The van der Waals surface area contributed by atoms with Crippen molar-refractivity contribution < 1.29 is 39.6 Å². The Morgan fingerprint density at radius 2 is 0.796 bits per heavy atom. The van der Waals surface area contributed by atoms with Crippen molar-refractivity contribution >= 4 is 23.6 Å². The summed E-state index contributed by atoms with van der Waals surface area (Å²) in [5, 5.41) is 60.2. The van der Waals surface area contributed by atoms with Crippen molar-refractivity contribution in [3.05, 3.63) is 79.6 Å². The van der Waals surface area contributed by atoms with E-state index in [2.05, 4.69) is 21.3 Å². The molecule has 20 heteroatoms. The maximum absolute atomic E-state index is 12.9. The van der Waals surface area contributed by atoms with E-state index in [1.165, 1.54) is 38.6 Å². The molecule has 0 saturated heterocycles. The van der Waals surface area contributed by atoms with E-state index in [0.717, 1.165) is 21.3 Å². The number of pyridine rings is 2. The molecule has 294 valence electrons. The van der Waals surface area contributed by atoms with Crippen molar-refractivity contribution in [1.82, 2.24) is 40.2 Å². The first-order chi connectivity index (χ1) is 25.7. The molecule has 8 N–H and O–H groups in total. The number of rotatable bonds is 20. The zero-order valence-electron chi connectivity index (χ0n) is 30.0. The normalized spacial score (nSPS) is 11.1. The second kappa shape index (κ2) is 20.3. The van der Waals surface area contributed by atoms with Gasteiger partial charge in [0.2, 0.25) is 11.1 Å². The summed E-state index contributed by atoms with van der Waals surface area (Å²) < 4.78 is 2.08. The molecule has 2 aromatic heterocycles. The third-order valence-corrected chi connectivity index (χ3v) is 8.28. The molecule has 3 rings (SSSR count). The van der Waals surface area contributed by atoms with E-state index in [0.29, 0.717) is 32.7 Å². The lowest BCUT2D eigenvalue weighted by Crippen LogP contribution is -2.43. The second-order valence-corrected chi connectivity index (χ2v) is 12.1. The summed E-state index contributed by atoms with van der Waals surface area (Å²) in [4.78, 5) is 78.3. The molecule has 2 heterocycles. The van der Waals surface area contributed by atoms with Crippen LogP contribution in [0.5, 0.6) is 23.0 Å². The van der Waals surface area contributed by atoms with Crippen molar-refractivity contribution in [2.24, 2.45) is 25.6 Å². The van der Waals surface area contributed by atoms with E-state index in [1.807, 2.05) is 4.90 Å². The van der Waals surface area contributed by atoms with Gasteiger partial charge < -0.3 is 62.3 Å². The van der Waals surface area contributed by atoms with Crippen LogP contribution in [-0.2, 0) is 14.1 Å². The number of amides is 4. The lowest BCUT2D eigenvalue weighted by Gasteiger charge is -2.26. The number of nitrogens with two attached hydrogens (primary N) is 2. The first-order valence-corrected chi connectivity index (χ1v) is 16.9. The highest BCUT2D eigenvalue weighted by molar-refractivity contribution is 6.02. The molecule has 4 amide bonds. The van der Waals surface area contributed by atoms with Gasteiger partial charge in [-0.3, -0.25) is 38.6 Å². The Labute approximate surface area is 310 Å². The third kappa shape index (κ3) is 11.3. The lowest BCUT2D eigenvalue weighted by molar-refractivity contribution is -0.317. The summed E-state index contributed by atoms with van der Waals surface area (Å²) in [7, 11) is 2.74. The fourth-order valence-corrected chi connectivity index (χ4v) is 5.22. The summed E-state index contributed by atoms with van der Waals surface area (Å²) in [6, 6.07) is 4.59. The van der Waals surface area contributed by atoms with Gasteiger partial charge in [0, 0.05) is 127 Å². The minimum absolute atomic E-state index is 0.0410. The summed E-state index contributed by atoms with van der Waals surface area (Å²) in [6.07, 6.45) is 2.56. The molecule has 0 spiro atoms. The predicted octanol–water partition coefficient (Wildman–Crippen LogP) is -5.78. The smallest absolute Gasteiger partial charge is 0.250 e. The molecule has 0 aliphatic carbocycles. The molecule has 54 heavy (non-hydrogen) atoms. The van der Waals surface area contributed by atoms with Gasteiger partial charge in [-0.1, -0.05) is 0 Å². The van der Waals surface area contributed by atoms with Gasteiger partial charge >= 0.3 is 0 Å². The highest BCUT2D eigenvalue weighted by atomic mass is 16.3. The van der Waals surface area contributed by atoms with Crippen LogP contribution in [0.15, 0.2) is 46.2 Å². The molecule has 3 aromatic rings. The molecular formula is C34H44N10O10-4. The molecule has 0 unspecified atom stereocenters. The molecule has 0 saturated carbocycles. The van der Waals surface area contributed by atoms with Gasteiger partial charge in [0.25, 0.3) is 23.6 Å². The molecule has 0 radical (unpaired) electrons. The Morgan fingerprint density at radius 1 is 0.519 bits per heavy atom. The summed E-state index contributed by atoms with van der Waals surface area (Å²) >= 11 is 0. The highest BCUT2D eigenvalue weighted by Crippen LogP contribution is 2.27.